The van der Waals surface area contributed by atoms with Crippen LogP contribution in [0.4, 0.5) is 0 Å². The highest BCUT2D eigenvalue weighted by atomic mass is 79.9. The summed E-state index contributed by atoms with van der Waals surface area (Å²) in [6, 6.07) is 2.20. The lowest BCUT2D eigenvalue weighted by Crippen LogP contribution is -2.31. The van der Waals surface area contributed by atoms with Gasteiger partial charge in [-0.2, -0.15) is 0 Å². The molecule has 6 rings (SSSR count). The molecule has 12 heteroatoms. The van der Waals surface area contributed by atoms with Crippen molar-refractivity contribution < 1.29 is 43.0 Å². The summed E-state index contributed by atoms with van der Waals surface area (Å²) >= 11 is 9.12. The molecule has 1 saturated carbocycles. The average Bonchev–Trinajstić information content (AvgIpc) is 3.70. The number of halogens is 2. The van der Waals surface area contributed by atoms with Crippen LogP contribution in [0.3, 0.4) is 0 Å². The number of hydrogen-bond acceptors (Lipinski definition) is 10. The Kier molecular flexibility index (Phi) is 19.3. The molecule has 4 saturated heterocycles. The standard InChI is InChI=1S/C42H64Br2O9S/c43-37-27-30(42(44)54-37)19-20-32(51-39-16-6-10-24-47-39)21-22-34-33(14-4-2-1-3-13-31(45)29-50-38-15-5-9-23-46-38)35(52-40-17-7-11-25-48-40)28-36(34)53-41-18-8-12-26-49-41/h2,4,21-22,27,31-36,38-41,45H,1,3,5-20,23-26,28-29H2/b4-2-,22-21+/t31?,32?,33-,34-,35+,36-,38?,39+,40?,41?/m1/s1. The molecular weight excluding hydrogens is 840 g/mol. The van der Waals surface area contributed by atoms with Gasteiger partial charge in [-0.05, 0) is 165 Å². The van der Waals surface area contributed by atoms with E-state index in [9.17, 15) is 5.11 Å². The van der Waals surface area contributed by atoms with Crippen LogP contribution in [0.25, 0.3) is 0 Å². The Morgan fingerprint density at radius 2 is 1.41 bits per heavy atom. The van der Waals surface area contributed by atoms with Gasteiger partial charge in [-0.3, -0.25) is 0 Å². The number of ether oxygens (including phenoxy) is 8. The predicted octanol–water partition coefficient (Wildman–Crippen LogP) is 10.2. The molecule has 54 heavy (non-hydrogen) atoms. The summed E-state index contributed by atoms with van der Waals surface area (Å²) in [5.74, 6) is 0.329. The van der Waals surface area contributed by atoms with Crippen molar-refractivity contribution in [2.24, 2.45) is 11.8 Å². The Hall–Kier alpha value is -0.220. The first-order chi connectivity index (χ1) is 26.5. The molecule has 0 spiro atoms. The van der Waals surface area contributed by atoms with Crippen molar-refractivity contribution in [3.63, 3.8) is 0 Å². The topological polar surface area (TPSA) is 94.1 Å². The van der Waals surface area contributed by atoms with Crippen LogP contribution in [-0.4, -0.2) is 87.7 Å². The second-order valence-electron chi connectivity index (χ2n) is 15.6. The maximum Gasteiger partial charge on any atom is 0.158 e. The van der Waals surface area contributed by atoms with E-state index in [0.717, 1.165) is 150 Å². The Morgan fingerprint density at radius 3 is 2.02 bits per heavy atom. The fraction of sp³-hybridized carbons (Fsp3) is 0.810. The summed E-state index contributed by atoms with van der Waals surface area (Å²) in [5, 5.41) is 10.5. The van der Waals surface area contributed by atoms with Crippen molar-refractivity contribution >= 4 is 43.2 Å². The van der Waals surface area contributed by atoms with Gasteiger partial charge in [0.25, 0.3) is 0 Å². The SMILES string of the molecule is OC(CCC/C=C\C[C@@H]1[C@@H](/C=C/C(CCc2cc(Br)sc2Br)O[C@H]2CCCCO2)[C@H](OC2CCCCO2)C[C@@H]1OC1CCCCO1)COC1CCCCO1. The Balaban J connectivity index is 1.13. The van der Waals surface area contributed by atoms with Gasteiger partial charge in [-0.25, -0.2) is 0 Å². The summed E-state index contributed by atoms with van der Waals surface area (Å²) < 4.78 is 52.4. The van der Waals surface area contributed by atoms with Crippen LogP contribution in [-0.2, 0) is 44.3 Å². The van der Waals surface area contributed by atoms with Gasteiger partial charge in [-0.15, -0.1) is 11.3 Å². The lowest BCUT2D eigenvalue weighted by Gasteiger charge is -2.30. The number of allylic oxidation sites excluding steroid dienone is 2. The first-order valence-corrected chi connectivity index (χ1v) is 23.4. The third kappa shape index (κ3) is 14.6. The molecule has 1 aromatic rings. The number of thiophene rings is 1. The first kappa shape index (κ1) is 43.4. The third-order valence-electron chi connectivity index (χ3n) is 11.3. The van der Waals surface area contributed by atoms with Gasteiger partial charge in [0.15, 0.2) is 25.2 Å². The van der Waals surface area contributed by atoms with E-state index < -0.39 is 6.10 Å². The van der Waals surface area contributed by atoms with E-state index in [4.69, 9.17) is 37.9 Å². The van der Waals surface area contributed by atoms with Crippen molar-refractivity contribution in [1.29, 1.82) is 0 Å². The average molecular weight is 905 g/mol. The van der Waals surface area contributed by atoms with Crippen LogP contribution < -0.4 is 0 Å². The molecule has 0 bridgehead atoms. The first-order valence-electron chi connectivity index (χ1n) is 21.0. The number of hydrogen-bond donors (Lipinski definition) is 1. The van der Waals surface area contributed by atoms with Gasteiger partial charge in [0.1, 0.15) is 0 Å². The van der Waals surface area contributed by atoms with E-state index in [2.05, 4.69) is 62.2 Å². The highest BCUT2D eigenvalue weighted by molar-refractivity contribution is 9.12. The van der Waals surface area contributed by atoms with Gasteiger partial charge in [0, 0.05) is 38.8 Å². The van der Waals surface area contributed by atoms with Crippen molar-refractivity contribution in [2.45, 2.75) is 172 Å². The minimum Gasteiger partial charge on any atom is -0.391 e. The van der Waals surface area contributed by atoms with Crippen LogP contribution in [0.15, 0.2) is 37.9 Å². The molecule has 10 atom stereocenters. The zero-order chi connectivity index (χ0) is 37.4. The van der Waals surface area contributed by atoms with Crippen LogP contribution in [0.2, 0.25) is 0 Å². The summed E-state index contributed by atoms with van der Waals surface area (Å²) in [5.41, 5.74) is 1.29. The molecule has 0 amide bonds. The molecular formula is C42H64Br2O9S. The van der Waals surface area contributed by atoms with E-state index in [1.165, 1.54) is 5.56 Å². The van der Waals surface area contributed by atoms with Gasteiger partial charge >= 0.3 is 0 Å². The highest BCUT2D eigenvalue weighted by Crippen LogP contribution is 2.42. The minimum absolute atomic E-state index is 0.00197. The fourth-order valence-corrected chi connectivity index (χ4v) is 11.2. The molecule has 1 aliphatic carbocycles. The minimum atomic E-state index is -0.474. The highest BCUT2D eigenvalue weighted by Gasteiger charge is 2.45. The summed E-state index contributed by atoms with van der Waals surface area (Å²) in [7, 11) is 0. The molecule has 5 aliphatic rings. The second-order valence-corrected chi connectivity index (χ2v) is 19.3. The van der Waals surface area contributed by atoms with Gasteiger partial charge in [-0.1, -0.05) is 24.3 Å². The Bertz CT molecular complexity index is 1240. The Morgan fingerprint density at radius 1 is 0.778 bits per heavy atom. The number of rotatable bonds is 20. The Labute approximate surface area is 344 Å². The molecule has 1 N–H and O–H groups in total. The largest absolute Gasteiger partial charge is 0.391 e. The van der Waals surface area contributed by atoms with Gasteiger partial charge in [0.2, 0.25) is 0 Å². The number of aliphatic hydroxyl groups excluding tert-OH is 1. The van der Waals surface area contributed by atoms with Gasteiger partial charge < -0.3 is 43.0 Å². The van der Waals surface area contributed by atoms with Crippen molar-refractivity contribution in [2.75, 3.05) is 33.0 Å². The molecule has 5 fully saturated rings. The van der Waals surface area contributed by atoms with Gasteiger partial charge in [0.05, 0.1) is 38.6 Å². The molecule has 1 aromatic heterocycles. The summed E-state index contributed by atoms with van der Waals surface area (Å²) in [6.07, 6.45) is 26.5. The summed E-state index contributed by atoms with van der Waals surface area (Å²) in [6.45, 7) is 3.34. The van der Waals surface area contributed by atoms with Crippen LogP contribution in [0.1, 0.15) is 121 Å². The number of aryl methyl sites for hydroxylation is 1. The zero-order valence-corrected chi connectivity index (χ0v) is 36.0. The van der Waals surface area contributed by atoms with E-state index in [1.807, 2.05) is 0 Å². The van der Waals surface area contributed by atoms with Crippen molar-refractivity contribution in [1.82, 2.24) is 0 Å². The fourth-order valence-electron chi connectivity index (χ4n) is 8.29. The van der Waals surface area contributed by atoms with Crippen LogP contribution in [0, 0.1) is 11.8 Å². The third-order valence-corrected chi connectivity index (χ3v) is 13.8. The predicted molar refractivity (Wildman–Crippen MR) is 217 cm³/mol. The molecule has 4 aliphatic heterocycles. The van der Waals surface area contributed by atoms with Crippen molar-refractivity contribution in [3.8, 4) is 0 Å². The van der Waals surface area contributed by atoms with E-state index in [-0.39, 0.29) is 55.3 Å². The monoisotopic (exact) mass is 902 g/mol. The second kappa shape index (κ2) is 24.0. The molecule has 9 nitrogen and oxygen atoms in total. The maximum atomic E-state index is 10.5. The normalized spacial score (nSPS) is 32.4. The molecule has 5 unspecified atom stereocenters. The molecule has 306 valence electrons. The molecule has 5 heterocycles. The lowest BCUT2D eigenvalue weighted by atomic mass is 9.89. The molecule has 0 aromatic carbocycles. The summed E-state index contributed by atoms with van der Waals surface area (Å²) in [4.78, 5) is 0. The van der Waals surface area contributed by atoms with E-state index in [0.29, 0.717) is 13.0 Å². The van der Waals surface area contributed by atoms with Crippen LogP contribution >= 0.6 is 43.2 Å². The van der Waals surface area contributed by atoms with Crippen LogP contribution in [0.5, 0.6) is 0 Å². The smallest absolute Gasteiger partial charge is 0.158 e. The molecule has 0 radical (unpaired) electrons. The van der Waals surface area contributed by atoms with Crippen molar-refractivity contribution in [3.05, 3.63) is 43.5 Å². The quantitative estimate of drug-likeness (QED) is 0.101. The number of unbranched alkanes of at least 4 members (excludes halogenated alkanes) is 1. The lowest BCUT2D eigenvalue weighted by molar-refractivity contribution is -0.203. The van der Waals surface area contributed by atoms with E-state index in [1.54, 1.807) is 11.3 Å². The zero-order valence-electron chi connectivity index (χ0n) is 32.0. The van der Waals surface area contributed by atoms with E-state index >= 15 is 0 Å². The maximum absolute atomic E-state index is 10.5. The number of aliphatic hydroxyl groups is 1.